The molecule has 0 spiro atoms. The number of anilines is 1. The number of benzene rings is 1. The second kappa shape index (κ2) is 5.78. The van der Waals surface area contributed by atoms with E-state index in [1.807, 2.05) is 31.2 Å². The normalized spacial score (nSPS) is 12.4. The van der Waals surface area contributed by atoms with Gasteiger partial charge < -0.3 is 15.0 Å². The maximum Gasteiger partial charge on any atom is 0.175 e. The molecule has 4 nitrogen and oxygen atoms in total. The van der Waals surface area contributed by atoms with Gasteiger partial charge in [0.15, 0.2) is 5.82 Å². The molecule has 2 rings (SSSR count). The summed E-state index contributed by atoms with van der Waals surface area (Å²) in [6, 6.07) is 7.84. The molecule has 4 heteroatoms. The molecule has 0 radical (unpaired) electrons. The Labute approximate surface area is 113 Å². The Balaban J connectivity index is 2.38. The average Bonchev–Trinajstić information content (AvgIpc) is 2.81. The summed E-state index contributed by atoms with van der Waals surface area (Å²) in [6.07, 6.45) is 0.985. The highest BCUT2D eigenvalue weighted by molar-refractivity contribution is 5.76. The maximum atomic E-state index is 5.93. The van der Waals surface area contributed by atoms with E-state index in [0.717, 1.165) is 29.1 Å². The fraction of sp³-hybridized carbons (Fsp3) is 0.400. The van der Waals surface area contributed by atoms with Gasteiger partial charge in [0.2, 0.25) is 0 Å². The van der Waals surface area contributed by atoms with Crippen LogP contribution in [0.1, 0.15) is 38.9 Å². The van der Waals surface area contributed by atoms with Crippen LogP contribution < -0.4 is 10.5 Å². The number of ether oxygens (including phenoxy) is 1. The molecular formula is C15H20N2O2. The smallest absolute Gasteiger partial charge is 0.175 e. The number of rotatable bonds is 5. The summed E-state index contributed by atoms with van der Waals surface area (Å²) in [5, 5.41) is 3.89. The van der Waals surface area contributed by atoms with Gasteiger partial charge in [-0.05, 0) is 31.0 Å². The van der Waals surface area contributed by atoms with E-state index in [-0.39, 0.29) is 0 Å². The van der Waals surface area contributed by atoms with Gasteiger partial charge in [0, 0.05) is 5.92 Å². The van der Waals surface area contributed by atoms with Crippen LogP contribution in [0.25, 0.3) is 11.1 Å². The standard InChI is InChI=1S/C15H20N2O2/c1-4-10(3)14-13(15(16)17-19-14)11-6-8-12(9-7-11)18-5-2/h6-10H,4-5H2,1-3H3,(H2,16,17). The van der Waals surface area contributed by atoms with Crippen molar-refractivity contribution in [2.75, 3.05) is 12.3 Å². The Hall–Kier alpha value is -1.97. The van der Waals surface area contributed by atoms with Gasteiger partial charge in [-0.2, -0.15) is 0 Å². The lowest BCUT2D eigenvalue weighted by atomic mass is 9.97. The first kappa shape index (κ1) is 13.5. The summed E-state index contributed by atoms with van der Waals surface area (Å²) in [5.74, 6) is 2.45. The summed E-state index contributed by atoms with van der Waals surface area (Å²) in [6.45, 7) is 6.85. The van der Waals surface area contributed by atoms with Gasteiger partial charge in [0.05, 0.1) is 12.2 Å². The zero-order valence-electron chi connectivity index (χ0n) is 11.6. The second-order valence-corrected chi connectivity index (χ2v) is 4.57. The molecule has 2 N–H and O–H groups in total. The molecule has 19 heavy (non-hydrogen) atoms. The lowest BCUT2D eigenvalue weighted by Gasteiger charge is -2.08. The summed E-state index contributed by atoms with van der Waals surface area (Å²) in [7, 11) is 0. The van der Waals surface area contributed by atoms with E-state index in [2.05, 4.69) is 19.0 Å². The zero-order valence-corrected chi connectivity index (χ0v) is 11.6. The van der Waals surface area contributed by atoms with Gasteiger partial charge in [-0.25, -0.2) is 0 Å². The first-order valence-corrected chi connectivity index (χ1v) is 6.65. The highest BCUT2D eigenvalue weighted by atomic mass is 16.5. The Morgan fingerprint density at radius 2 is 1.95 bits per heavy atom. The molecule has 1 atom stereocenters. The van der Waals surface area contributed by atoms with Crippen LogP contribution in [-0.2, 0) is 0 Å². The van der Waals surface area contributed by atoms with E-state index >= 15 is 0 Å². The third-order valence-electron chi connectivity index (χ3n) is 3.26. The van der Waals surface area contributed by atoms with Gasteiger partial charge in [0.1, 0.15) is 11.5 Å². The van der Waals surface area contributed by atoms with Crippen molar-refractivity contribution in [2.45, 2.75) is 33.1 Å². The summed E-state index contributed by atoms with van der Waals surface area (Å²) in [5.41, 5.74) is 7.84. The van der Waals surface area contributed by atoms with E-state index in [9.17, 15) is 0 Å². The quantitative estimate of drug-likeness (QED) is 0.887. The van der Waals surface area contributed by atoms with Gasteiger partial charge in [-0.15, -0.1) is 0 Å². The molecule has 0 aliphatic heterocycles. The van der Waals surface area contributed by atoms with Crippen LogP contribution in [-0.4, -0.2) is 11.8 Å². The number of hydrogen-bond donors (Lipinski definition) is 1. The molecule has 0 bridgehead atoms. The van der Waals surface area contributed by atoms with Crippen LogP contribution in [0, 0.1) is 0 Å². The minimum atomic E-state index is 0.298. The van der Waals surface area contributed by atoms with Gasteiger partial charge >= 0.3 is 0 Å². The first-order chi connectivity index (χ1) is 9.17. The fourth-order valence-electron chi connectivity index (χ4n) is 2.01. The second-order valence-electron chi connectivity index (χ2n) is 4.57. The molecule has 0 saturated carbocycles. The van der Waals surface area contributed by atoms with Gasteiger partial charge in [-0.3, -0.25) is 0 Å². The molecule has 0 amide bonds. The predicted molar refractivity (Wildman–Crippen MR) is 76.2 cm³/mol. The van der Waals surface area contributed by atoms with E-state index in [1.54, 1.807) is 0 Å². The molecular weight excluding hydrogens is 240 g/mol. The van der Waals surface area contributed by atoms with Crippen LogP contribution in [0.15, 0.2) is 28.8 Å². The van der Waals surface area contributed by atoms with E-state index in [0.29, 0.717) is 18.3 Å². The fourth-order valence-corrected chi connectivity index (χ4v) is 2.01. The lowest BCUT2D eigenvalue weighted by molar-refractivity contribution is 0.340. The topological polar surface area (TPSA) is 61.3 Å². The largest absolute Gasteiger partial charge is 0.494 e. The monoisotopic (exact) mass is 260 g/mol. The van der Waals surface area contributed by atoms with E-state index in [4.69, 9.17) is 15.0 Å². The van der Waals surface area contributed by atoms with E-state index < -0.39 is 0 Å². The van der Waals surface area contributed by atoms with Crippen LogP contribution in [0.3, 0.4) is 0 Å². The number of hydrogen-bond acceptors (Lipinski definition) is 4. The van der Waals surface area contributed by atoms with Gasteiger partial charge in [-0.1, -0.05) is 31.1 Å². The Kier molecular flexibility index (Phi) is 4.10. The van der Waals surface area contributed by atoms with Crippen molar-refractivity contribution in [3.05, 3.63) is 30.0 Å². The average molecular weight is 260 g/mol. The molecule has 0 fully saturated rings. The maximum absolute atomic E-state index is 5.93. The SMILES string of the molecule is CCOc1ccc(-c2c(N)noc2C(C)CC)cc1. The lowest BCUT2D eigenvalue weighted by Crippen LogP contribution is -1.95. The Morgan fingerprint density at radius 3 is 2.53 bits per heavy atom. The molecule has 1 heterocycles. The highest BCUT2D eigenvalue weighted by Gasteiger charge is 2.19. The molecule has 2 aromatic rings. The number of nitrogens with two attached hydrogens (primary N) is 1. The van der Waals surface area contributed by atoms with Crippen LogP contribution in [0.2, 0.25) is 0 Å². The van der Waals surface area contributed by atoms with E-state index in [1.165, 1.54) is 0 Å². The molecule has 102 valence electrons. The van der Waals surface area contributed by atoms with Crippen molar-refractivity contribution < 1.29 is 9.26 Å². The minimum absolute atomic E-state index is 0.298. The van der Waals surface area contributed by atoms with Crippen molar-refractivity contribution in [3.63, 3.8) is 0 Å². The molecule has 0 saturated heterocycles. The third-order valence-corrected chi connectivity index (χ3v) is 3.26. The molecule has 0 aliphatic carbocycles. The van der Waals surface area contributed by atoms with Crippen molar-refractivity contribution in [3.8, 4) is 16.9 Å². The van der Waals surface area contributed by atoms with Crippen LogP contribution >= 0.6 is 0 Å². The number of nitrogens with zero attached hydrogens (tertiary/aromatic N) is 1. The Bertz CT molecular complexity index is 532. The summed E-state index contributed by atoms with van der Waals surface area (Å²) < 4.78 is 10.8. The van der Waals surface area contributed by atoms with Crippen molar-refractivity contribution in [1.82, 2.24) is 5.16 Å². The summed E-state index contributed by atoms with van der Waals surface area (Å²) >= 11 is 0. The minimum Gasteiger partial charge on any atom is -0.494 e. The molecule has 1 unspecified atom stereocenters. The molecule has 1 aromatic carbocycles. The molecule has 0 aliphatic rings. The van der Waals surface area contributed by atoms with Crippen LogP contribution in [0.5, 0.6) is 5.75 Å². The highest BCUT2D eigenvalue weighted by Crippen LogP contribution is 2.35. The van der Waals surface area contributed by atoms with Crippen molar-refractivity contribution in [2.24, 2.45) is 0 Å². The number of aromatic nitrogens is 1. The van der Waals surface area contributed by atoms with Gasteiger partial charge in [0.25, 0.3) is 0 Å². The van der Waals surface area contributed by atoms with Crippen molar-refractivity contribution in [1.29, 1.82) is 0 Å². The number of nitrogen functional groups attached to an aromatic ring is 1. The van der Waals surface area contributed by atoms with Crippen molar-refractivity contribution >= 4 is 5.82 Å². The Morgan fingerprint density at radius 1 is 1.26 bits per heavy atom. The zero-order chi connectivity index (χ0) is 13.8. The molecule has 1 aromatic heterocycles. The first-order valence-electron chi connectivity index (χ1n) is 6.65. The summed E-state index contributed by atoms with van der Waals surface area (Å²) in [4.78, 5) is 0. The third kappa shape index (κ3) is 2.72. The van der Waals surface area contributed by atoms with Crippen LogP contribution in [0.4, 0.5) is 5.82 Å². The predicted octanol–water partition coefficient (Wildman–Crippen LogP) is 3.84.